The fourth-order valence-electron chi connectivity index (χ4n) is 4.50. The van der Waals surface area contributed by atoms with Crippen molar-refractivity contribution in [2.24, 2.45) is 18.9 Å². The maximum atomic E-state index is 12.9. The van der Waals surface area contributed by atoms with Crippen molar-refractivity contribution in [2.75, 3.05) is 13.7 Å². The Kier molecular flexibility index (Phi) is 6.53. The Labute approximate surface area is 177 Å². The highest BCUT2D eigenvalue weighted by Crippen LogP contribution is 2.32. The van der Waals surface area contributed by atoms with Crippen LogP contribution in [0.3, 0.4) is 0 Å². The topological polar surface area (TPSA) is 69.9 Å². The van der Waals surface area contributed by atoms with Gasteiger partial charge < -0.3 is 4.74 Å². The van der Waals surface area contributed by atoms with E-state index in [9.17, 15) is 4.79 Å². The zero-order valence-corrected chi connectivity index (χ0v) is 17.9. The summed E-state index contributed by atoms with van der Waals surface area (Å²) in [4.78, 5) is 21.9. The molecule has 0 N–H and O–H groups in total. The lowest BCUT2D eigenvalue weighted by Gasteiger charge is -2.27. The van der Waals surface area contributed by atoms with Crippen LogP contribution in [-0.4, -0.2) is 39.2 Å². The first-order chi connectivity index (χ1) is 14.6. The maximum absolute atomic E-state index is 12.9. The number of hydrogen-bond donors (Lipinski definition) is 0. The highest BCUT2D eigenvalue weighted by atomic mass is 16.5. The van der Waals surface area contributed by atoms with E-state index in [2.05, 4.69) is 15.1 Å². The molecule has 0 radical (unpaired) electrons. The van der Waals surface area contributed by atoms with Crippen molar-refractivity contribution < 1.29 is 9.53 Å². The van der Waals surface area contributed by atoms with Gasteiger partial charge in [0.1, 0.15) is 5.78 Å². The summed E-state index contributed by atoms with van der Waals surface area (Å²) in [5, 5.41) is 6.26. The first-order valence-corrected chi connectivity index (χ1v) is 10.9. The summed E-state index contributed by atoms with van der Waals surface area (Å²) in [6.45, 7) is 0.838. The average molecular weight is 407 g/mol. The SMILES string of the molecule is COCCCC1CCC(C(=O)Cc2cc3cc(-c4cnn(C)c4)ncc3cn2)CC1. The van der Waals surface area contributed by atoms with E-state index in [0.29, 0.717) is 12.2 Å². The van der Waals surface area contributed by atoms with E-state index in [-0.39, 0.29) is 5.92 Å². The molecule has 0 bridgehead atoms. The van der Waals surface area contributed by atoms with Gasteiger partial charge in [0.2, 0.25) is 0 Å². The summed E-state index contributed by atoms with van der Waals surface area (Å²) in [6, 6.07) is 4.08. The van der Waals surface area contributed by atoms with Crippen molar-refractivity contribution >= 4 is 16.6 Å². The lowest BCUT2D eigenvalue weighted by molar-refractivity contribution is -0.123. The number of rotatable bonds is 8. The van der Waals surface area contributed by atoms with Crippen LogP contribution in [0.2, 0.25) is 0 Å². The second kappa shape index (κ2) is 9.47. The maximum Gasteiger partial charge on any atom is 0.141 e. The number of hydrogen-bond acceptors (Lipinski definition) is 5. The largest absolute Gasteiger partial charge is 0.385 e. The van der Waals surface area contributed by atoms with Gasteiger partial charge >= 0.3 is 0 Å². The summed E-state index contributed by atoms with van der Waals surface area (Å²) >= 11 is 0. The van der Waals surface area contributed by atoms with E-state index in [1.54, 1.807) is 11.8 Å². The minimum atomic E-state index is 0.185. The average Bonchev–Trinajstić information content (AvgIpc) is 3.20. The molecule has 6 nitrogen and oxygen atoms in total. The van der Waals surface area contributed by atoms with E-state index in [1.807, 2.05) is 44.0 Å². The van der Waals surface area contributed by atoms with Crippen molar-refractivity contribution in [3.63, 3.8) is 0 Å². The molecule has 6 heteroatoms. The van der Waals surface area contributed by atoms with E-state index >= 15 is 0 Å². The van der Waals surface area contributed by atoms with Crippen LogP contribution in [0.4, 0.5) is 0 Å². The van der Waals surface area contributed by atoms with Gasteiger partial charge in [0.15, 0.2) is 0 Å². The number of Topliss-reactive ketones (excluding diaryl/α,β-unsaturated/α-hetero) is 1. The van der Waals surface area contributed by atoms with E-state index in [1.165, 1.54) is 6.42 Å². The van der Waals surface area contributed by atoms with Crippen LogP contribution in [0.5, 0.6) is 0 Å². The third-order valence-corrected chi connectivity index (χ3v) is 6.28. The second-order valence-electron chi connectivity index (χ2n) is 8.49. The van der Waals surface area contributed by atoms with Gasteiger partial charge in [-0.1, -0.05) is 0 Å². The molecular formula is C24H30N4O2. The van der Waals surface area contributed by atoms with Crippen LogP contribution in [0.25, 0.3) is 22.0 Å². The van der Waals surface area contributed by atoms with Crippen LogP contribution < -0.4 is 0 Å². The van der Waals surface area contributed by atoms with Gasteiger partial charge in [0.05, 0.1) is 11.9 Å². The van der Waals surface area contributed by atoms with Gasteiger partial charge in [-0.2, -0.15) is 5.10 Å². The normalized spacial score (nSPS) is 19.3. The number of pyridine rings is 2. The van der Waals surface area contributed by atoms with Gasteiger partial charge in [0.25, 0.3) is 0 Å². The Morgan fingerprint density at radius 1 is 1.10 bits per heavy atom. The highest BCUT2D eigenvalue weighted by molar-refractivity contribution is 5.87. The summed E-state index contributed by atoms with van der Waals surface area (Å²) in [7, 11) is 3.65. The summed E-state index contributed by atoms with van der Waals surface area (Å²) in [6.07, 6.45) is 14.5. The van der Waals surface area contributed by atoms with Crippen LogP contribution >= 0.6 is 0 Å². The first kappa shape index (κ1) is 20.7. The molecule has 0 unspecified atom stereocenters. The third-order valence-electron chi connectivity index (χ3n) is 6.28. The molecule has 30 heavy (non-hydrogen) atoms. The Hall–Kier alpha value is -2.60. The molecule has 1 saturated carbocycles. The molecule has 1 aliphatic rings. The van der Waals surface area contributed by atoms with E-state index in [4.69, 9.17) is 4.74 Å². The Balaban J connectivity index is 1.39. The molecule has 4 rings (SSSR count). The number of carbonyl (C=O) groups excluding carboxylic acids is 1. The van der Waals surface area contributed by atoms with Crippen molar-refractivity contribution in [3.8, 4) is 11.3 Å². The van der Waals surface area contributed by atoms with Crippen LogP contribution in [0.1, 0.15) is 44.2 Å². The number of carbonyl (C=O) groups is 1. The smallest absolute Gasteiger partial charge is 0.141 e. The molecule has 0 aliphatic heterocycles. The highest BCUT2D eigenvalue weighted by Gasteiger charge is 2.26. The van der Waals surface area contributed by atoms with Gasteiger partial charge in [-0.15, -0.1) is 0 Å². The predicted octanol–water partition coefficient (Wildman–Crippen LogP) is 4.37. The fraction of sp³-hybridized carbons (Fsp3) is 0.500. The molecule has 158 valence electrons. The molecule has 0 aromatic carbocycles. The number of ketones is 1. The van der Waals surface area contributed by atoms with Crippen molar-refractivity contribution in [3.05, 3.63) is 42.6 Å². The van der Waals surface area contributed by atoms with Gasteiger partial charge in [-0.3, -0.25) is 19.4 Å². The first-order valence-electron chi connectivity index (χ1n) is 10.9. The zero-order chi connectivity index (χ0) is 20.9. The number of nitrogens with zero attached hydrogens (tertiary/aromatic N) is 4. The van der Waals surface area contributed by atoms with Gasteiger partial charge in [0, 0.05) is 68.3 Å². The van der Waals surface area contributed by atoms with Gasteiger partial charge in [-0.05, 0) is 62.0 Å². The second-order valence-corrected chi connectivity index (χ2v) is 8.49. The Bertz CT molecular complexity index is 1010. The summed E-state index contributed by atoms with van der Waals surface area (Å²) in [5.41, 5.74) is 2.71. The summed E-state index contributed by atoms with van der Waals surface area (Å²) in [5.74, 6) is 1.27. The number of fused-ring (bicyclic) bond motifs is 1. The standard InChI is InChI=1S/C24H30N4O2/c1-28-16-21(15-27-28)23-11-19-10-22(25-13-20(19)14-26-23)12-24(29)18-7-5-17(6-8-18)4-3-9-30-2/h10-11,13-18H,3-9,12H2,1-2H3. The molecule has 3 aromatic rings. The molecule has 1 aliphatic carbocycles. The minimum absolute atomic E-state index is 0.185. The molecule has 0 amide bonds. The quantitative estimate of drug-likeness (QED) is 0.519. The molecule has 0 spiro atoms. The minimum Gasteiger partial charge on any atom is -0.385 e. The fourth-order valence-corrected chi connectivity index (χ4v) is 4.50. The van der Waals surface area contributed by atoms with Crippen molar-refractivity contribution in [1.29, 1.82) is 0 Å². The molecule has 3 heterocycles. The molecule has 1 fully saturated rings. The predicted molar refractivity (Wildman–Crippen MR) is 117 cm³/mol. The Morgan fingerprint density at radius 2 is 1.90 bits per heavy atom. The van der Waals surface area contributed by atoms with Crippen molar-refractivity contribution in [1.82, 2.24) is 19.7 Å². The van der Waals surface area contributed by atoms with E-state index in [0.717, 1.165) is 72.4 Å². The number of methoxy groups -OCH3 is 1. The molecular weight excluding hydrogens is 376 g/mol. The summed E-state index contributed by atoms with van der Waals surface area (Å²) < 4.78 is 6.92. The number of aromatic nitrogens is 4. The molecule has 0 atom stereocenters. The van der Waals surface area contributed by atoms with E-state index < -0.39 is 0 Å². The third kappa shape index (κ3) is 4.93. The van der Waals surface area contributed by atoms with Crippen LogP contribution in [0.15, 0.2) is 36.9 Å². The molecule has 0 saturated heterocycles. The molecule has 3 aromatic heterocycles. The lowest BCUT2D eigenvalue weighted by atomic mass is 9.77. The Morgan fingerprint density at radius 3 is 2.63 bits per heavy atom. The van der Waals surface area contributed by atoms with Gasteiger partial charge in [-0.25, -0.2) is 0 Å². The monoisotopic (exact) mass is 406 g/mol. The number of ether oxygens (including phenoxy) is 1. The van der Waals surface area contributed by atoms with Crippen molar-refractivity contribution in [2.45, 2.75) is 44.9 Å². The number of aryl methyl sites for hydroxylation is 1. The lowest BCUT2D eigenvalue weighted by Crippen LogP contribution is -2.23. The van der Waals surface area contributed by atoms with Crippen LogP contribution in [-0.2, 0) is 23.0 Å². The van der Waals surface area contributed by atoms with Crippen LogP contribution in [0, 0.1) is 11.8 Å². The zero-order valence-electron chi connectivity index (χ0n) is 17.9.